The van der Waals surface area contributed by atoms with Crippen LogP contribution < -0.4 is 4.74 Å². The zero-order chi connectivity index (χ0) is 15.2. The Morgan fingerprint density at radius 1 is 1.23 bits per heavy atom. The van der Waals surface area contributed by atoms with E-state index in [1.807, 2.05) is 18.2 Å². The molecule has 1 aromatic heterocycles. The third-order valence-corrected chi connectivity index (χ3v) is 4.05. The van der Waals surface area contributed by atoms with Crippen LogP contribution in [0, 0.1) is 0 Å². The molecule has 0 radical (unpaired) electrons. The largest absolute Gasteiger partial charge is 0.487 e. The topological polar surface area (TPSA) is 34.6 Å². The minimum absolute atomic E-state index is 0.110. The first-order valence-corrected chi connectivity index (χ1v) is 7.72. The number of likely N-dealkylation sites (tertiary alicyclic amines) is 1. The highest BCUT2D eigenvalue weighted by Gasteiger charge is 2.26. The van der Waals surface area contributed by atoms with Crippen LogP contribution in [0.5, 0.6) is 5.75 Å². The SMILES string of the molecule is CO[C@H](CN1CC[C@H](Oc2cccnc2)C1)c1ccccc1. The van der Waals surface area contributed by atoms with Gasteiger partial charge in [0.05, 0.1) is 12.3 Å². The first kappa shape index (κ1) is 15.0. The van der Waals surface area contributed by atoms with E-state index in [1.54, 1.807) is 19.5 Å². The van der Waals surface area contributed by atoms with Gasteiger partial charge in [-0.1, -0.05) is 30.3 Å². The quantitative estimate of drug-likeness (QED) is 0.821. The van der Waals surface area contributed by atoms with Gasteiger partial charge in [-0.15, -0.1) is 0 Å². The lowest BCUT2D eigenvalue weighted by Crippen LogP contribution is -2.29. The van der Waals surface area contributed by atoms with E-state index in [1.165, 1.54) is 5.56 Å². The van der Waals surface area contributed by atoms with Gasteiger partial charge in [-0.05, 0) is 24.1 Å². The third kappa shape index (κ3) is 3.84. The lowest BCUT2D eigenvalue weighted by atomic mass is 10.1. The molecule has 116 valence electrons. The molecule has 0 amide bonds. The maximum Gasteiger partial charge on any atom is 0.138 e. The van der Waals surface area contributed by atoms with E-state index in [9.17, 15) is 0 Å². The zero-order valence-corrected chi connectivity index (χ0v) is 12.9. The van der Waals surface area contributed by atoms with Crippen LogP contribution in [0.1, 0.15) is 18.1 Å². The normalized spacial score (nSPS) is 20.0. The second-order valence-corrected chi connectivity index (χ2v) is 5.61. The molecule has 2 heterocycles. The highest BCUT2D eigenvalue weighted by Crippen LogP contribution is 2.22. The van der Waals surface area contributed by atoms with E-state index in [2.05, 4.69) is 34.1 Å². The maximum atomic E-state index is 5.98. The van der Waals surface area contributed by atoms with E-state index in [0.29, 0.717) is 0 Å². The highest BCUT2D eigenvalue weighted by atomic mass is 16.5. The predicted octanol–water partition coefficient (Wildman–Crippen LogP) is 2.92. The molecule has 1 aromatic carbocycles. The van der Waals surface area contributed by atoms with Gasteiger partial charge in [0.15, 0.2) is 0 Å². The van der Waals surface area contributed by atoms with Crippen LogP contribution in [0.2, 0.25) is 0 Å². The Kier molecular flexibility index (Phi) is 5.03. The summed E-state index contributed by atoms with van der Waals surface area (Å²) < 4.78 is 11.6. The Labute approximate surface area is 131 Å². The summed E-state index contributed by atoms with van der Waals surface area (Å²) in [5.41, 5.74) is 1.22. The second kappa shape index (κ2) is 7.38. The van der Waals surface area contributed by atoms with E-state index >= 15 is 0 Å². The number of methoxy groups -OCH3 is 1. The van der Waals surface area contributed by atoms with Crippen molar-refractivity contribution in [3.63, 3.8) is 0 Å². The lowest BCUT2D eigenvalue weighted by molar-refractivity contribution is 0.0673. The molecule has 1 aliphatic heterocycles. The standard InChI is InChI=1S/C18H22N2O2/c1-21-18(15-6-3-2-4-7-15)14-20-11-9-17(13-20)22-16-8-5-10-19-12-16/h2-8,10,12,17-18H,9,11,13-14H2,1H3/t17-,18+/m0/s1. The Hall–Kier alpha value is -1.91. The average molecular weight is 298 g/mol. The first-order valence-electron chi connectivity index (χ1n) is 7.72. The average Bonchev–Trinajstić information content (AvgIpc) is 3.01. The van der Waals surface area contributed by atoms with Gasteiger partial charge in [-0.2, -0.15) is 0 Å². The number of ether oxygens (including phenoxy) is 2. The Morgan fingerprint density at radius 2 is 2.09 bits per heavy atom. The molecule has 4 nitrogen and oxygen atoms in total. The van der Waals surface area contributed by atoms with Crippen LogP contribution in [0.3, 0.4) is 0 Å². The van der Waals surface area contributed by atoms with Gasteiger partial charge in [0.2, 0.25) is 0 Å². The summed E-state index contributed by atoms with van der Waals surface area (Å²) in [6, 6.07) is 14.2. The molecule has 3 rings (SSSR count). The number of rotatable bonds is 6. The van der Waals surface area contributed by atoms with Crippen LogP contribution in [0.15, 0.2) is 54.9 Å². The molecule has 0 bridgehead atoms. The molecular formula is C18H22N2O2. The molecule has 0 unspecified atom stereocenters. The van der Waals surface area contributed by atoms with E-state index < -0.39 is 0 Å². The maximum absolute atomic E-state index is 5.98. The number of pyridine rings is 1. The fourth-order valence-electron chi connectivity index (χ4n) is 2.89. The van der Waals surface area contributed by atoms with Gasteiger partial charge >= 0.3 is 0 Å². The Balaban J connectivity index is 1.54. The summed E-state index contributed by atoms with van der Waals surface area (Å²) in [5.74, 6) is 0.848. The van der Waals surface area contributed by atoms with Crippen molar-refractivity contribution >= 4 is 0 Å². The molecule has 0 aliphatic carbocycles. The van der Waals surface area contributed by atoms with Gasteiger partial charge < -0.3 is 9.47 Å². The van der Waals surface area contributed by atoms with Crippen LogP contribution >= 0.6 is 0 Å². The lowest BCUT2D eigenvalue weighted by Gasteiger charge is -2.23. The van der Waals surface area contributed by atoms with Crippen molar-refractivity contribution in [1.29, 1.82) is 0 Å². The Morgan fingerprint density at radius 3 is 2.82 bits per heavy atom. The zero-order valence-electron chi connectivity index (χ0n) is 12.9. The van der Waals surface area contributed by atoms with E-state index in [-0.39, 0.29) is 12.2 Å². The first-order chi connectivity index (χ1) is 10.8. The van der Waals surface area contributed by atoms with Crippen molar-refractivity contribution < 1.29 is 9.47 Å². The van der Waals surface area contributed by atoms with Crippen LogP contribution in [-0.2, 0) is 4.74 Å². The number of hydrogen-bond donors (Lipinski definition) is 0. The summed E-state index contributed by atoms with van der Waals surface area (Å²) in [5, 5.41) is 0. The molecule has 4 heteroatoms. The summed E-state index contributed by atoms with van der Waals surface area (Å²) in [4.78, 5) is 6.49. The summed E-state index contributed by atoms with van der Waals surface area (Å²) in [6.07, 6.45) is 4.91. The van der Waals surface area contributed by atoms with Gasteiger partial charge in [0, 0.05) is 32.9 Å². The molecule has 0 saturated carbocycles. The van der Waals surface area contributed by atoms with Crippen LogP contribution in [0.4, 0.5) is 0 Å². The van der Waals surface area contributed by atoms with E-state index in [4.69, 9.17) is 9.47 Å². The van der Waals surface area contributed by atoms with Crippen molar-refractivity contribution in [2.45, 2.75) is 18.6 Å². The monoisotopic (exact) mass is 298 g/mol. The summed E-state index contributed by atoms with van der Waals surface area (Å²) in [7, 11) is 1.78. The van der Waals surface area contributed by atoms with Gasteiger partial charge in [-0.25, -0.2) is 0 Å². The highest BCUT2D eigenvalue weighted by molar-refractivity contribution is 5.18. The van der Waals surface area contributed by atoms with Crippen molar-refractivity contribution in [3.8, 4) is 5.75 Å². The Bertz CT molecular complexity index is 562. The number of benzene rings is 1. The molecule has 0 spiro atoms. The number of nitrogens with zero attached hydrogens (tertiary/aromatic N) is 2. The van der Waals surface area contributed by atoms with Crippen molar-refractivity contribution in [2.75, 3.05) is 26.7 Å². The van der Waals surface area contributed by atoms with E-state index in [0.717, 1.165) is 31.8 Å². The fraction of sp³-hybridized carbons (Fsp3) is 0.389. The summed E-state index contributed by atoms with van der Waals surface area (Å²) in [6.45, 7) is 2.87. The molecule has 1 aliphatic rings. The fourth-order valence-corrected chi connectivity index (χ4v) is 2.89. The molecule has 0 N–H and O–H groups in total. The minimum Gasteiger partial charge on any atom is -0.487 e. The van der Waals surface area contributed by atoms with Crippen molar-refractivity contribution in [3.05, 3.63) is 60.4 Å². The molecule has 1 saturated heterocycles. The van der Waals surface area contributed by atoms with Crippen molar-refractivity contribution in [1.82, 2.24) is 9.88 Å². The molecule has 2 aromatic rings. The van der Waals surface area contributed by atoms with Gasteiger partial charge in [-0.3, -0.25) is 9.88 Å². The molecule has 1 fully saturated rings. The molecular weight excluding hydrogens is 276 g/mol. The van der Waals surface area contributed by atoms with Gasteiger partial charge in [0.1, 0.15) is 11.9 Å². The third-order valence-electron chi connectivity index (χ3n) is 4.05. The van der Waals surface area contributed by atoms with Gasteiger partial charge in [0.25, 0.3) is 0 Å². The molecule has 2 atom stereocenters. The van der Waals surface area contributed by atoms with Crippen LogP contribution in [0.25, 0.3) is 0 Å². The second-order valence-electron chi connectivity index (χ2n) is 5.61. The predicted molar refractivity (Wildman–Crippen MR) is 85.9 cm³/mol. The van der Waals surface area contributed by atoms with Crippen molar-refractivity contribution in [2.24, 2.45) is 0 Å². The number of aromatic nitrogens is 1. The number of hydrogen-bond acceptors (Lipinski definition) is 4. The summed E-state index contributed by atoms with van der Waals surface area (Å²) >= 11 is 0. The minimum atomic E-state index is 0.110. The molecule has 22 heavy (non-hydrogen) atoms. The smallest absolute Gasteiger partial charge is 0.138 e. The van der Waals surface area contributed by atoms with Crippen LogP contribution in [-0.4, -0.2) is 42.7 Å².